The van der Waals surface area contributed by atoms with Crippen LogP contribution in [-0.4, -0.2) is 24.0 Å². The molecule has 0 bridgehead atoms. The van der Waals surface area contributed by atoms with E-state index in [1.807, 2.05) is 11.9 Å². The molecule has 0 radical (unpaired) electrons. The van der Waals surface area contributed by atoms with Crippen molar-refractivity contribution in [2.24, 2.45) is 0 Å². The van der Waals surface area contributed by atoms with Gasteiger partial charge in [-0.25, -0.2) is 4.79 Å². The SMILES string of the molecule is CN(C(=O)NC1CCc2ccccc21)C1CCCCC1. The van der Waals surface area contributed by atoms with Gasteiger partial charge in [0.15, 0.2) is 0 Å². The van der Waals surface area contributed by atoms with Gasteiger partial charge in [-0.3, -0.25) is 0 Å². The van der Waals surface area contributed by atoms with Crippen molar-refractivity contribution in [3.05, 3.63) is 35.4 Å². The lowest BCUT2D eigenvalue weighted by Crippen LogP contribution is -2.45. The van der Waals surface area contributed by atoms with Crippen molar-refractivity contribution >= 4 is 6.03 Å². The number of amides is 2. The van der Waals surface area contributed by atoms with Crippen LogP contribution in [0.1, 0.15) is 55.7 Å². The lowest BCUT2D eigenvalue weighted by atomic mass is 9.95. The van der Waals surface area contributed by atoms with Crippen LogP contribution in [-0.2, 0) is 6.42 Å². The molecular weight excluding hydrogens is 248 g/mol. The molecule has 1 unspecified atom stereocenters. The Kier molecular flexibility index (Phi) is 3.95. The Morgan fingerprint density at radius 3 is 2.70 bits per heavy atom. The van der Waals surface area contributed by atoms with Crippen LogP contribution in [0.4, 0.5) is 4.79 Å². The summed E-state index contributed by atoms with van der Waals surface area (Å²) in [4.78, 5) is 14.4. The Labute approximate surface area is 121 Å². The van der Waals surface area contributed by atoms with Gasteiger partial charge in [0.05, 0.1) is 6.04 Å². The number of fused-ring (bicyclic) bond motifs is 1. The fourth-order valence-corrected chi connectivity index (χ4v) is 3.59. The second-order valence-corrected chi connectivity index (χ2v) is 6.14. The van der Waals surface area contributed by atoms with E-state index in [1.165, 1.54) is 30.4 Å². The van der Waals surface area contributed by atoms with Crippen LogP contribution < -0.4 is 5.32 Å². The molecule has 1 saturated carbocycles. The average molecular weight is 272 g/mol. The van der Waals surface area contributed by atoms with E-state index < -0.39 is 0 Å². The van der Waals surface area contributed by atoms with E-state index >= 15 is 0 Å². The van der Waals surface area contributed by atoms with Crippen LogP contribution in [0, 0.1) is 0 Å². The fraction of sp³-hybridized carbons (Fsp3) is 0.588. The molecule has 2 aliphatic carbocycles. The minimum Gasteiger partial charge on any atom is -0.331 e. The third-order valence-corrected chi connectivity index (χ3v) is 4.87. The standard InChI is InChI=1S/C17H24N2O/c1-19(14-8-3-2-4-9-14)17(20)18-16-12-11-13-7-5-6-10-15(13)16/h5-7,10,14,16H,2-4,8-9,11-12H2,1H3,(H,18,20). The number of carbonyl (C=O) groups is 1. The Balaban J connectivity index is 1.62. The largest absolute Gasteiger partial charge is 0.331 e. The molecule has 0 aliphatic heterocycles. The zero-order chi connectivity index (χ0) is 13.9. The molecule has 20 heavy (non-hydrogen) atoms. The normalized spacial score (nSPS) is 22.4. The van der Waals surface area contributed by atoms with E-state index in [2.05, 4.69) is 29.6 Å². The first-order valence-corrected chi connectivity index (χ1v) is 7.87. The number of benzene rings is 1. The average Bonchev–Trinajstić information content (AvgIpc) is 2.91. The molecule has 0 aromatic heterocycles. The van der Waals surface area contributed by atoms with Gasteiger partial charge in [0.2, 0.25) is 0 Å². The zero-order valence-corrected chi connectivity index (χ0v) is 12.3. The molecule has 3 nitrogen and oxygen atoms in total. The highest BCUT2D eigenvalue weighted by molar-refractivity contribution is 5.75. The van der Waals surface area contributed by atoms with Crippen LogP contribution in [0.2, 0.25) is 0 Å². The topological polar surface area (TPSA) is 32.3 Å². The van der Waals surface area contributed by atoms with Gasteiger partial charge in [-0.05, 0) is 36.8 Å². The summed E-state index contributed by atoms with van der Waals surface area (Å²) in [6.45, 7) is 0. The van der Waals surface area contributed by atoms with E-state index in [-0.39, 0.29) is 12.1 Å². The van der Waals surface area contributed by atoms with Gasteiger partial charge in [0.1, 0.15) is 0 Å². The molecule has 2 amide bonds. The number of nitrogens with zero attached hydrogens (tertiary/aromatic N) is 1. The van der Waals surface area contributed by atoms with Crippen LogP contribution in [0.15, 0.2) is 24.3 Å². The van der Waals surface area contributed by atoms with Crippen molar-refractivity contribution in [2.45, 2.75) is 57.0 Å². The van der Waals surface area contributed by atoms with Gasteiger partial charge in [-0.15, -0.1) is 0 Å². The van der Waals surface area contributed by atoms with Crippen molar-refractivity contribution in [2.75, 3.05) is 7.05 Å². The molecule has 108 valence electrons. The first kappa shape index (κ1) is 13.5. The van der Waals surface area contributed by atoms with Gasteiger partial charge in [-0.1, -0.05) is 43.5 Å². The summed E-state index contributed by atoms with van der Waals surface area (Å²) in [5.74, 6) is 0. The summed E-state index contributed by atoms with van der Waals surface area (Å²) in [7, 11) is 1.95. The Bertz CT molecular complexity index is 480. The number of aryl methyl sites for hydroxylation is 1. The first-order valence-electron chi connectivity index (χ1n) is 7.87. The zero-order valence-electron chi connectivity index (χ0n) is 12.3. The Morgan fingerprint density at radius 2 is 1.90 bits per heavy atom. The molecule has 2 aliphatic rings. The smallest absolute Gasteiger partial charge is 0.317 e. The minimum absolute atomic E-state index is 0.0959. The van der Waals surface area contributed by atoms with Crippen LogP contribution >= 0.6 is 0 Å². The highest BCUT2D eigenvalue weighted by Crippen LogP contribution is 2.31. The number of urea groups is 1. The molecule has 1 N–H and O–H groups in total. The van der Waals surface area contributed by atoms with Crippen molar-refractivity contribution in [1.82, 2.24) is 10.2 Å². The van der Waals surface area contributed by atoms with E-state index in [0.717, 1.165) is 25.7 Å². The van der Waals surface area contributed by atoms with Gasteiger partial charge in [0.25, 0.3) is 0 Å². The van der Waals surface area contributed by atoms with Gasteiger partial charge < -0.3 is 10.2 Å². The summed E-state index contributed by atoms with van der Waals surface area (Å²) in [5, 5.41) is 3.22. The van der Waals surface area contributed by atoms with Gasteiger partial charge in [0, 0.05) is 13.1 Å². The molecule has 0 heterocycles. The lowest BCUT2D eigenvalue weighted by Gasteiger charge is -2.32. The lowest BCUT2D eigenvalue weighted by molar-refractivity contribution is 0.170. The number of hydrogen-bond acceptors (Lipinski definition) is 1. The van der Waals surface area contributed by atoms with E-state index in [4.69, 9.17) is 0 Å². The Morgan fingerprint density at radius 1 is 1.15 bits per heavy atom. The van der Waals surface area contributed by atoms with Crippen molar-refractivity contribution < 1.29 is 4.79 Å². The van der Waals surface area contributed by atoms with Gasteiger partial charge in [-0.2, -0.15) is 0 Å². The molecule has 1 atom stereocenters. The van der Waals surface area contributed by atoms with Gasteiger partial charge >= 0.3 is 6.03 Å². The third kappa shape index (κ3) is 2.67. The first-order chi connectivity index (χ1) is 9.75. The predicted octanol–water partition coefficient (Wildman–Crippen LogP) is 3.65. The molecule has 1 fully saturated rings. The highest BCUT2D eigenvalue weighted by atomic mass is 16.2. The summed E-state index contributed by atoms with van der Waals surface area (Å²) in [5.41, 5.74) is 2.69. The summed E-state index contributed by atoms with van der Waals surface area (Å²) in [6.07, 6.45) is 8.26. The second-order valence-electron chi connectivity index (χ2n) is 6.14. The molecule has 1 aromatic rings. The second kappa shape index (κ2) is 5.86. The predicted molar refractivity (Wildman–Crippen MR) is 80.7 cm³/mol. The van der Waals surface area contributed by atoms with E-state index in [0.29, 0.717) is 6.04 Å². The van der Waals surface area contributed by atoms with Crippen LogP contribution in [0.3, 0.4) is 0 Å². The summed E-state index contributed by atoms with van der Waals surface area (Å²) < 4.78 is 0. The fourth-order valence-electron chi connectivity index (χ4n) is 3.59. The molecular formula is C17H24N2O. The summed E-state index contributed by atoms with van der Waals surface area (Å²) in [6, 6.07) is 9.19. The minimum atomic E-state index is 0.0959. The third-order valence-electron chi connectivity index (χ3n) is 4.87. The van der Waals surface area contributed by atoms with Crippen molar-refractivity contribution in [3.63, 3.8) is 0 Å². The van der Waals surface area contributed by atoms with Crippen molar-refractivity contribution in [3.8, 4) is 0 Å². The summed E-state index contributed by atoms with van der Waals surface area (Å²) >= 11 is 0. The number of nitrogens with one attached hydrogen (secondary N) is 1. The maximum atomic E-state index is 12.4. The highest BCUT2D eigenvalue weighted by Gasteiger charge is 2.27. The van der Waals surface area contributed by atoms with Crippen LogP contribution in [0.25, 0.3) is 0 Å². The maximum Gasteiger partial charge on any atom is 0.317 e. The number of carbonyl (C=O) groups excluding carboxylic acids is 1. The molecule has 3 heteroatoms. The van der Waals surface area contributed by atoms with E-state index in [1.54, 1.807) is 0 Å². The Hall–Kier alpha value is -1.51. The molecule has 1 aromatic carbocycles. The monoisotopic (exact) mass is 272 g/mol. The van der Waals surface area contributed by atoms with Crippen molar-refractivity contribution in [1.29, 1.82) is 0 Å². The molecule has 3 rings (SSSR count). The molecule has 0 spiro atoms. The molecule has 0 saturated heterocycles. The maximum absolute atomic E-state index is 12.4. The quantitative estimate of drug-likeness (QED) is 0.875. The number of hydrogen-bond donors (Lipinski definition) is 1. The van der Waals surface area contributed by atoms with E-state index in [9.17, 15) is 4.79 Å². The number of rotatable bonds is 2. The van der Waals surface area contributed by atoms with Crippen LogP contribution in [0.5, 0.6) is 0 Å².